The number of aryl methyl sites for hydroxylation is 1. The lowest BCUT2D eigenvalue weighted by Crippen LogP contribution is -2.42. The third kappa shape index (κ3) is 5.63. The summed E-state index contributed by atoms with van der Waals surface area (Å²) in [6, 6.07) is 26.4. The first-order chi connectivity index (χ1) is 19.1. The van der Waals surface area contributed by atoms with Crippen molar-refractivity contribution in [3.63, 3.8) is 0 Å². The molecule has 4 nitrogen and oxygen atoms in total. The fourth-order valence-corrected chi connectivity index (χ4v) is 7.77. The number of piperidine rings is 1. The van der Waals surface area contributed by atoms with Crippen molar-refractivity contribution in [1.82, 2.24) is 4.90 Å². The highest BCUT2D eigenvalue weighted by atomic mass is 16.3. The molecule has 0 unspecified atom stereocenters. The van der Waals surface area contributed by atoms with E-state index in [1.807, 2.05) is 12.1 Å². The van der Waals surface area contributed by atoms with Gasteiger partial charge in [0.25, 0.3) is 0 Å². The molecule has 3 aromatic rings. The summed E-state index contributed by atoms with van der Waals surface area (Å²) in [5.74, 6) is 1.10. The van der Waals surface area contributed by atoms with E-state index in [-0.39, 0.29) is 0 Å². The van der Waals surface area contributed by atoms with Gasteiger partial charge in [-0.25, -0.2) is 0 Å². The molecule has 1 spiro atoms. The van der Waals surface area contributed by atoms with Crippen LogP contribution in [0.3, 0.4) is 0 Å². The highest BCUT2D eigenvalue weighted by Crippen LogP contribution is 2.47. The van der Waals surface area contributed by atoms with Gasteiger partial charge in [-0.1, -0.05) is 48.5 Å². The van der Waals surface area contributed by atoms with Crippen molar-refractivity contribution in [2.75, 3.05) is 37.6 Å². The molecule has 0 amide bonds. The summed E-state index contributed by atoms with van der Waals surface area (Å²) >= 11 is 0. The molecule has 2 aliphatic heterocycles. The normalized spacial score (nSPS) is 23.5. The van der Waals surface area contributed by atoms with Gasteiger partial charge in [0.05, 0.1) is 6.54 Å². The second kappa shape index (κ2) is 11.6. The van der Waals surface area contributed by atoms with Crippen molar-refractivity contribution in [3.8, 4) is 5.75 Å². The second-order valence-corrected chi connectivity index (χ2v) is 12.2. The SMILES string of the molecule is O=CCN1CCC2(CCCN(c3ccc([C@H]4c5ccc(O)cc5CC[C@H]4c4ccccc4)cc3)CCC2)CC1. The molecule has 39 heavy (non-hydrogen) atoms. The van der Waals surface area contributed by atoms with E-state index >= 15 is 0 Å². The Balaban J connectivity index is 1.18. The van der Waals surface area contributed by atoms with Gasteiger partial charge in [0, 0.05) is 24.7 Å². The summed E-state index contributed by atoms with van der Waals surface area (Å²) in [5.41, 5.74) is 7.24. The quantitative estimate of drug-likeness (QED) is 0.370. The zero-order valence-corrected chi connectivity index (χ0v) is 23.1. The Kier molecular flexibility index (Phi) is 7.74. The highest BCUT2D eigenvalue weighted by molar-refractivity contribution is 5.53. The van der Waals surface area contributed by atoms with Crippen molar-refractivity contribution in [2.24, 2.45) is 5.41 Å². The molecule has 1 aliphatic carbocycles. The summed E-state index contributed by atoms with van der Waals surface area (Å²) in [4.78, 5) is 15.8. The minimum absolute atomic E-state index is 0.295. The summed E-state index contributed by atoms with van der Waals surface area (Å²) in [7, 11) is 0. The molecule has 3 aromatic carbocycles. The van der Waals surface area contributed by atoms with E-state index in [9.17, 15) is 9.90 Å². The lowest BCUT2D eigenvalue weighted by Gasteiger charge is -2.44. The topological polar surface area (TPSA) is 43.8 Å². The molecule has 0 radical (unpaired) electrons. The molecule has 0 saturated carbocycles. The standard InChI is InChI=1S/C35H42N2O2/c38-25-24-36-22-18-35(19-23-36)16-4-20-37(21-5-17-35)30-11-8-28(9-12-30)34-32(27-6-2-1-3-7-27)14-10-29-26-31(39)13-15-33(29)34/h1-3,6-9,11-13,15,25-26,32,34,39H,4-5,10,14,16-24H2/t32-,34+/m0/s1. The number of carbonyl (C=O) groups excluding carboxylic acids is 1. The van der Waals surface area contributed by atoms with E-state index in [0.717, 1.165) is 45.3 Å². The number of fused-ring (bicyclic) bond motifs is 1. The van der Waals surface area contributed by atoms with Gasteiger partial charge in [-0.05, 0) is 122 Å². The van der Waals surface area contributed by atoms with Crippen LogP contribution in [0.4, 0.5) is 5.69 Å². The molecule has 0 bridgehead atoms. The second-order valence-electron chi connectivity index (χ2n) is 12.2. The number of hydrogen-bond donors (Lipinski definition) is 1. The predicted octanol–water partition coefficient (Wildman–Crippen LogP) is 6.92. The van der Waals surface area contributed by atoms with E-state index in [0.29, 0.717) is 29.5 Å². The lowest BCUT2D eigenvalue weighted by atomic mass is 9.69. The largest absolute Gasteiger partial charge is 0.508 e. The fourth-order valence-electron chi connectivity index (χ4n) is 7.77. The van der Waals surface area contributed by atoms with Crippen LogP contribution in [0.1, 0.15) is 79.0 Å². The van der Waals surface area contributed by atoms with Gasteiger partial charge in [-0.2, -0.15) is 0 Å². The zero-order valence-electron chi connectivity index (χ0n) is 23.1. The summed E-state index contributed by atoms with van der Waals surface area (Å²) in [5, 5.41) is 10.1. The van der Waals surface area contributed by atoms with Crippen LogP contribution in [0.5, 0.6) is 5.75 Å². The summed E-state index contributed by atoms with van der Waals surface area (Å²) < 4.78 is 0. The van der Waals surface area contributed by atoms with Crippen molar-refractivity contribution in [2.45, 2.75) is 63.2 Å². The molecule has 0 aromatic heterocycles. The maximum absolute atomic E-state index is 10.9. The van der Waals surface area contributed by atoms with Gasteiger partial charge in [0.15, 0.2) is 0 Å². The number of likely N-dealkylation sites (tertiary alicyclic amines) is 1. The van der Waals surface area contributed by atoms with E-state index in [2.05, 4.69) is 70.5 Å². The Morgan fingerprint density at radius 3 is 2.23 bits per heavy atom. The average Bonchev–Trinajstić information content (AvgIpc) is 2.96. The molecule has 2 atom stereocenters. The number of hydrogen-bond acceptors (Lipinski definition) is 4. The zero-order chi connectivity index (χ0) is 26.7. The van der Waals surface area contributed by atoms with Gasteiger partial charge < -0.3 is 14.8 Å². The molecule has 2 heterocycles. The molecule has 1 N–H and O–H groups in total. The van der Waals surface area contributed by atoms with Gasteiger partial charge >= 0.3 is 0 Å². The minimum atomic E-state index is 0.295. The van der Waals surface area contributed by atoms with Crippen molar-refractivity contribution >= 4 is 12.0 Å². The molecule has 2 saturated heterocycles. The van der Waals surface area contributed by atoms with E-state index in [1.54, 1.807) is 0 Å². The number of phenols is 1. The first-order valence-electron chi connectivity index (χ1n) is 15.0. The van der Waals surface area contributed by atoms with Crippen molar-refractivity contribution in [3.05, 3.63) is 95.1 Å². The number of nitrogens with zero attached hydrogens (tertiary/aromatic N) is 2. The Bertz CT molecular complexity index is 1240. The Hall–Kier alpha value is -3.11. The predicted molar refractivity (Wildman–Crippen MR) is 159 cm³/mol. The van der Waals surface area contributed by atoms with Crippen LogP contribution in [-0.2, 0) is 11.2 Å². The van der Waals surface area contributed by atoms with Crippen LogP contribution in [0, 0.1) is 5.41 Å². The summed E-state index contributed by atoms with van der Waals surface area (Å²) in [6.07, 6.45) is 10.7. The monoisotopic (exact) mass is 522 g/mol. The van der Waals surface area contributed by atoms with E-state index < -0.39 is 0 Å². The lowest BCUT2D eigenvalue weighted by molar-refractivity contribution is -0.109. The number of phenolic OH excluding ortho intramolecular Hbond substituents is 1. The van der Waals surface area contributed by atoms with Crippen molar-refractivity contribution in [1.29, 1.82) is 0 Å². The third-order valence-electron chi connectivity index (χ3n) is 9.95. The number of rotatable bonds is 5. The van der Waals surface area contributed by atoms with E-state index in [1.165, 1.54) is 66.5 Å². The highest BCUT2D eigenvalue weighted by Gasteiger charge is 2.35. The van der Waals surface area contributed by atoms with Crippen molar-refractivity contribution < 1.29 is 9.90 Å². The molecule has 6 rings (SSSR count). The first kappa shape index (κ1) is 26.1. The van der Waals surface area contributed by atoms with Crippen LogP contribution in [-0.4, -0.2) is 49.0 Å². The Morgan fingerprint density at radius 1 is 0.821 bits per heavy atom. The Morgan fingerprint density at radius 2 is 1.54 bits per heavy atom. The van der Waals surface area contributed by atoms with Crippen LogP contribution in [0.2, 0.25) is 0 Å². The van der Waals surface area contributed by atoms with Crippen LogP contribution in [0.25, 0.3) is 0 Å². The first-order valence-corrected chi connectivity index (χ1v) is 15.0. The summed E-state index contributed by atoms with van der Waals surface area (Å²) in [6.45, 7) is 5.01. The van der Waals surface area contributed by atoms with Crippen LogP contribution in [0.15, 0.2) is 72.8 Å². The molecule has 2 fully saturated rings. The molecular formula is C35H42N2O2. The van der Waals surface area contributed by atoms with Crippen LogP contribution >= 0.6 is 0 Å². The maximum atomic E-state index is 10.9. The third-order valence-corrected chi connectivity index (χ3v) is 9.95. The van der Waals surface area contributed by atoms with Gasteiger partial charge in [-0.15, -0.1) is 0 Å². The smallest absolute Gasteiger partial charge is 0.133 e. The van der Waals surface area contributed by atoms with Crippen LogP contribution < -0.4 is 4.90 Å². The Labute approximate surface area is 233 Å². The number of aldehydes is 1. The molecule has 3 aliphatic rings. The average molecular weight is 523 g/mol. The number of carbonyl (C=O) groups is 1. The fraction of sp³-hybridized carbons (Fsp3) is 0.457. The molecule has 204 valence electrons. The minimum Gasteiger partial charge on any atom is -0.508 e. The maximum Gasteiger partial charge on any atom is 0.133 e. The van der Waals surface area contributed by atoms with Gasteiger partial charge in [0.2, 0.25) is 0 Å². The van der Waals surface area contributed by atoms with Gasteiger partial charge in [-0.3, -0.25) is 4.90 Å². The van der Waals surface area contributed by atoms with E-state index in [4.69, 9.17) is 0 Å². The number of anilines is 1. The number of benzene rings is 3. The van der Waals surface area contributed by atoms with Gasteiger partial charge in [0.1, 0.15) is 12.0 Å². The number of aromatic hydroxyl groups is 1. The molecular weight excluding hydrogens is 480 g/mol. The molecule has 4 heteroatoms.